The topological polar surface area (TPSA) is 286 Å². The number of ether oxygens (including phenoxy) is 6. The van der Waals surface area contributed by atoms with Crippen LogP contribution in [0.25, 0.3) is 0 Å². The van der Waals surface area contributed by atoms with Gasteiger partial charge in [0, 0.05) is 27.9 Å². The van der Waals surface area contributed by atoms with E-state index in [-0.39, 0.29) is 32.0 Å². The number of nitrogens with one attached hydrogen (secondary N) is 1. The van der Waals surface area contributed by atoms with Crippen molar-refractivity contribution in [1.29, 1.82) is 0 Å². The molecule has 8 N–H and O–H groups in total. The van der Waals surface area contributed by atoms with Gasteiger partial charge >= 0.3 is 18.3 Å². The Balaban J connectivity index is 0.000000213. The highest BCUT2D eigenvalue weighted by molar-refractivity contribution is 5.92. The predicted octanol–water partition coefficient (Wildman–Crippen LogP) is 4.16. The molecule has 3 amide bonds. The van der Waals surface area contributed by atoms with Crippen molar-refractivity contribution in [2.24, 2.45) is 27.9 Å². The van der Waals surface area contributed by atoms with Gasteiger partial charge < -0.3 is 63.2 Å². The van der Waals surface area contributed by atoms with Crippen LogP contribution in [0.2, 0.25) is 0 Å². The fraction of sp³-hybridized carbons (Fsp3) is 0.477. The molecule has 0 saturated carbocycles. The second-order valence-electron chi connectivity index (χ2n) is 15.1. The van der Waals surface area contributed by atoms with Gasteiger partial charge in [0.15, 0.2) is 0 Å². The molecule has 3 aromatic rings. The molecular weight excluding hydrogens is 948 g/mol. The molecule has 0 bridgehead atoms. The molecule has 5 heterocycles. The van der Waals surface area contributed by atoms with Gasteiger partial charge in [-0.05, 0) is 67.4 Å². The summed E-state index contributed by atoms with van der Waals surface area (Å²) < 4.78 is 71.5. The number of oxime groups is 2. The Morgan fingerprint density at radius 1 is 0.676 bits per heavy atom. The first-order valence-electron chi connectivity index (χ1n) is 22.1. The quantitative estimate of drug-likeness (QED) is 0.0470. The van der Waals surface area contributed by atoms with Crippen LogP contribution in [0, 0.1) is 17.5 Å². The van der Waals surface area contributed by atoms with Gasteiger partial charge in [0.05, 0.1) is 80.1 Å². The molecule has 392 valence electrons. The molecule has 0 aliphatic carbocycles. The number of hydrogen-bond donors (Lipinski definition) is 5. The molecule has 0 radical (unpaired) electrons. The molecule has 5 aliphatic rings. The summed E-state index contributed by atoms with van der Waals surface area (Å²) in [7, 11) is 4.53. The number of aliphatic hydroxyl groups is 1. The highest BCUT2D eigenvalue weighted by Crippen LogP contribution is 2.31. The zero-order valence-corrected chi connectivity index (χ0v) is 40.0. The molecule has 71 heavy (non-hydrogen) atoms. The number of methoxy groups -OCH3 is 3. The normalized spacial score (nSPS) is 18.9. The average molecular weight is 1010 g/mol. The lowest BCUT2D eigenvalue weighted by atomic mass is 10.2. The van der Waals surface area contributed by atoms with Crippen LogP contribution in [0.15, 0.2) is 64.9 Å². The SMILES string of the molecule is CC[C@H]1CN(c2ccc(N3C=NOCC3)c(F)c2)C(=O)O1.CC[C@H]1CN(c2ccc(NCCON)c(F)c2)C(=O)O1.COC(OC)OC.NN.O=C1O[C@@H](CO)CN1c1ccc(N2C=NOCC2)c(F)c1. The number of cyclic esters (lactones) is 3. The molecule has 3 atom stereocenters. The maximum Gasteiger partial charge on any atom is 0.414 e. The number of amides is 3. The molecule has 3 saturated heterocycles. The van der Waals surface area contributed by atoms with E-state index in [1.165, 1.54) is 66.9 Å². The largest absolute Gasteiger partial charge is 0.444 e. The minimum atomic E-state index is -0.589. The smallest absolute Gasteiger partial charge is 0.414 e. The number of hydrogen-bond acceptors (Lipinski definition) is 21. The third-order valence-electron chi connectivity index (χ3n) is 10.6. The number of carbonyl (C=O) groups excluding carboxylic acids is 3. The average Bonchev–Trinajstić information content (AvgIpc) is 4.11. The van der Waals surface area contributed by atoms with Crippen LogP contribution in [0.4, 0.5) is 61.7 Å². The van der Waals surface area contributed by atoms with Gasteiger partial charge in [-0.1, -0.05) is 24.2 Å². The van der Waals surface area contributed by atoms with E-state index < -0.39 is 48.3 Å². The molecular formula is C44H62F3N11O13. The highest BCUT2D eigenvalue weighted by Gasteiger charge is 2.34. The monoisotopic (exact) mass is 1010 g/mol. The summed E-state index contributed by atoms with van der Waals surface area (Å²) in [5, 5.41) is 19.1. The summed E-state index contributed by atoms with van der Waals surface area (Å²) >= 11 is 0. The number of rotatable bonds is 15. The third kappa shape index (κ3) is 16.2. The van der Waals surface area contributed by atoms with Crippen LogP contribution in [-0.4, -0.2) is 148 Å². The van der Waals surface area contributed by atoms with Crippen LogP contribution in [-0.2, 0) is 42.9 Å². The van der Waals surface area contributed by atoms with Crippen molar-refractivity contribution >= 4 is 65.1 Å². The van der Waals surface area contributed by atoms with Crippen molar-refractivity contribution in [2.45, 2.75) is 51.5 Å². The minimum Gasteiger partial charge on any atom is -0.444 e. The fourth-order valence-electron chi connectivity index (χ4n) is 6.90. The first-order valence-corrected chi connectivity index (χ1v) is 22.1. The lowest BCUT2D eigenvalue weighted by molar-refractivity contribution is -0.252. The lowest BCUT2D eigenvalue weighted by Gasteiger charge is -2.23. The van der Waals surface area contributed by atoms with E-state index in [0.29, 0.717) is 80.1 Å². The van der Waals surface area contributed by atoms with Crippen molar-refractivity contribution in [1.82, 2.24) is 0 Å². The molecule has 24 nitrogen and oxygen atoms in total. The van der Waals surface area contributed by atoms with Crippen molar-refractivity contribution in [2.75, 3.05) is 117 Å². The minimum absolute atomic E-state index is 0.133. The van der Waals surface area contributed by atoms with Crippen LogP contribution in [0.5, 0.6) is 0 Å². The number of hydrazine groups is 1. The van der Waals surface area contributed by atoms with Gasteiger partial charge in [0.2, 0.25) is 0 Å². The zero-order valence-electron chi connectivity index (χ0n) is 40.0. The van der Waals surface area contributed by atoms with Gasteiger partial charge in [0.1, 0.15) is 61.7 Å². The molecule has 3 fully saturated rings. The molecule has 0 spiro atoms. The Kier molecular flexibility index (Phi) is 23.6. The number of carbonyl (C=O) groups is 3. The summed E-state index contributed by atoms with van der Waals surface area (Å²) in [6.07, 6.45) is 2.04. The lowest BCUT2D eigenvalue weighted by Crippen LogP contribution is -2.30. The Labute approximate surface area is 408 Å². The van der Waals surface area contributed by atoms with Crippen molar-refractivity contribution in [3.8, 4) is 0 Å². The second kappa shape index (κ2) is 29.5. The van der Waals surface area contributed by atoms with Crippen LogP contribution < -0.4 is 47.4 Å². The molecule has 0 aromatic heterocycles. The van der Waals surface area contributed by atoms with E-state index in [9.17, 15) is 27.6 Å². The zero-order chi connectivity index (χ0) is 51.9. The summed E-state index contributed by atoms with van der Waals surface area (Å²) in [6, 6.07) is 13.7. The van der Waals surface area contributed by atoms with E-state index in [2.05, 4.69) is 46.4 Å². The number of halogens is 3. The van der Waals surface area contributed by atoms with Gasteiger partial charge in [-0.3, -0.25) is 26.4 Å². The summed E-state index contributed by atoms with van der Waals surface area (Å²) in [5.74, 6) is 11.6. The molecule has 3 aromatic carbocycles. The van der Waals surface area contributed by atoms with E-state index in [4.69, 9.17) is 34.9 Å². The molecule has 8 rings (SSSR count). The Hall–Kier alpha value is -6.72. The van der Waals surface area contributed by atoms with Gasteiger partial charge in [-0.15, -0.1) is 0 Å². The maximum atomic E-state index is 14.3. The van der Waals surface area contributed by atoms with Gasteiger partial charge in [-0.2, -0.15) is 0 Å². The van der Waals surface area contributed by atoms with E-state index in [1.54, 1.807) is 46.2 Å². The number of nitrogens with two attached hydrogens (primary N) is 3. The number of aliphatic hydroxyl groups excluding tert-OH is 1. The number of benzene rings is 3. The summed E-state index contributed by atoms with van der Waals surface area (Å²) in [5.41, 5.74) is 2.49. The van der Waals surface area contributed by atoms with E-state index in [1.807, 2.05) is 13.8 Å². The van der Waals surface area contributed by atoms with E-state index >= 15 is 0 Å². The Morgan fingerprint density at radius 3 is 1.39 bits per heavy atom. The Bertz CT molecular complexity index is 2110. The molecule has 0 unspecified atom stereocenters. The highest BCUT2D eigenvalue weighted by atomic mass is 19.1. The van der Waals surface area contributed by atoms with Gasteiger partial charge in [-0.25, -0.2) is 33.5 Å². The van der Waals surface area contributed by atoms with Crippen LogP contribution in [0.3, 0.4) is 0 Å². The van der Waals surface area contributed by atoms with Crippen molar-refractivity contribution in [3.63, 3.8) is 0 Å². The van der Waals surface area contributed by atoms with Crippen molar-refractivity contribution < 1.29 is 75.6 Å². The second-order valence-corrected chi connectivity index (χ2v) is 15.1. The Morgan fingerprint density at radius 2 is 1.08 bits per heavy atom. The van der Waals surface area contributed by atoms with Crippen molar-refractivity contribution in [3.05, 3.63) is 72.0 Å². The predicted molar refractivity (Wildman–Crippen MR) is 255 cm³/mol. The van der Waals surface area contributed by atoms with Crippen LogP contribution >= 0.6 is 0 Å². The fourth-order valence-corrected chi connectivity index (χ4v) is 6.90. The molecule has 5 aliphatic heterocycles. The third-order valence-corrected chi connectivity index (χ3v) is 10.6. The first-order chi connectivity index (χ1) is 34.4. The molecule has 27 heteroatoms. The standard InChI is InChI=1S/C14H16FN3O3.C13H14FN3O4.C13H18FN3O3.C4H10O3.H4N2/c1-2-11-8-18(14(19)21-11)10-3-4-13(12(15)7-10)17-5-6-20-16-9-17;14-11-5-9(17-6-10(7-18)21-13(17)19)1-2-12(11)16-3-4-20-15-8-16;1-2-10-8-17(13(18)20-10)9-3-4-12(11(14)7-9)16-5-6-19-15;1-5-4(6-2)7-3;1-2/h3-4,7,9,11H,2,5-6,8H2,1H3;1-2,5,8,10,18H,3-4,6-7H2;3-4,7,10,16H,2,5-6,8,15H2,1H3;4H,1-3H3;1-2H2/t11-;2*10-;;/m010../s1. The summed E-state index contributed by atoms with van der Waals surface area (Å²) in [6.45, 7) is 6.71. The summed E-state index contributed by atoms with van der Waals surface area (Å²) in [4.78, 5) is 56.6. The maximum absolute atomic E-state index is 14.3. The van der Waals surface area contributed by atoms with Crippen LogP contribution in [0.1, 0.15) is 26.7 Å². The number of anilines is 6. The van der Waals surface area contributed by atoms with E-state index in [0.717, 1.165) is 12.8 Å². The number of nitrogens with zero attached hydrogens (tertiary/aromatic N) is 7. The first kappa shape index (κ1) is 56.9. The van der Waals surface area contributed by atoms with Gasteiger partial charge in [0.25, 0.3) is 6.48 Å².